The van der Waals surface area contributed by atoms with Crippen molar-refractivity contribution >= 4 is 5.69 Å². The first kappa shape index (κ1) is 22.7. The fourth-order valence-electron chi connectivity index (χ4n) is 4.71. The van der Waals surface area contributed by atoms with Crippen LogP contribution in [0.3, 0.4) is 0 Å². The predicted molar refractivity (Wildman–Crippen MR) is 128 cm³/mol. The van der Waals surface area contributed by atoms with Crippen LogP contribution in [-0.4, -0.2) is 32.3 Å². The van der Waals surface area contributed by atoms with Crippen LogP contribution in [-0.2, 0) is 10.8 Å². The summed E-state index contributed by atoms with van der Waals surface area (Å²) in [5.41, 5.74) is 5.81. The highest BCUT2D eigenvalue weighted by atomic mass is 16.3. The Bertz CT molecular complexity index is 828. The maximum absolute atomic E-state index is 11.2. The van der Waals surface area contributed by atoms with Gasteiger partial charge in [-0.1, -0.05) is 53.7 Å². The number of anilines is 1. The largest absolute Gasteiger partial charge is 0.507 e. The molecule has 30 heavy (non-hydrogen) atoms. The lowest BCUT2D eigenvalue weighted by Crippen LogP contribution is -3.10. The molecule has 0 saturated carbocycles. The molecular weight excluding hydrogens is 368 g/mol. The van der Waals surface area contributed by atoms with E-state index in [1.165, 1.54) is 42.7 Å². The first-order valence-electron chi connectivity index (χ1n) is 11.4. The zero-order valence-electron chi connectivity index (χ0n) is 20.3. The quantitative estimate of drug-likeness (QED) is 0.758. The maximum atomic E-state index is 11.2. The number of rotatable bonds is 4. The van der Waals surface area contributed by atoms with Gasteiger partial charge in [-0.15, -0.1) is 0 Å². The fraction of sp³-hybridized carbons (Fsp3) is 0.556. The highest BCUT2D eigenvalue weighted by Gasteiger charge is 2.33. The highest BCUT2D eigenvalue weighted by molar-refractivity contribution is 5.52. The number of hydrogen-bond donors (Lipinski definition) is 2. The van der Waals surface area contributed by atoms with Crippen molar-refractivity contribution in [3.05, 3.63) is 58.7 Å². The van der Waals surface area contributed by atoms with E-state index in [-0.39, 0.29) is 10.8 Å². The van der Waals surface area contributed by atoms with Gasteiger partial charge < -0.3 is 14.9 Å². The van der Waals surface area contributed by atoms with E-state index in [4.69, 9.17) is 0 Å². The zero-order valence-corrected chi connectivity index (χ0v) is 20.3. The highest BCUT2D eigenvalue weighted by Crippen LogP contribution is 2.41. The van der Waals surface area contributed by atoms with E-state index < -0.39 is 0 Å². The van der Waals surface area contributed by atoms with Gasteiger partial charge in [0.2, 0.25) is 0 Å². The number of hydrogen-bond acceptors (Lipinski definition) is 2. The molecule has 0 unspecified atom stereocenters. The molecule has 2 N–H and O–H groups in total. The Labute approximate surface area is 183 Å². The Morgan fingerprint density at radius 3 is 1.67 bits per heavy atom. The molecule has 0 bridgehead atoms. The standard InChI is InChI=1S/C27H40N2O/c1-26(2,3)22-17-20(18-23(25(22)30)27(4,5)6)24(29-15-9-10-16-29)19-11-13-21(14-12-19)28(7)8/h11-14,17-18,24,30H,9-10,15-16H2,1-8H3/p+1/t24-/m1/s1. The van der Waals surface area contributed by atoms with Gasteiger partial charge in [0.1, 0.15) is 11.8 Å². The predicted octanol–water partition coefficient (Wildman–Crippen LogP) is 4.82. The summed E-state index contributed by atoms with van der Waals surface area (Å²) in [5, 5.41) is 11.2. The zero-order chi connectivity index (χ0) is 22.3. The van der Waals surface area contributed by atoms with Gasteiger partial charge in [0.05, 0.1) is 13.1 Å². The van der Waals surface area contributed by atoms with Crippen LogP contribution in [0.15, 0.2) is 36.4 Å². The molecule has 1 fully saturated rings. The minimum absolute atomic E-state index is 0.111. The second-order valence-electron chi connectivity index (χ2n) is 11.2. The molecular formula is C27H41N2O+. The SMILES string of the molecule is CN(C)c1ccc([C@H](c2cc(C(C)(C)C)c(O)c(C(C)(C)C)c2)[NH+]2CCCC2)cc1. The molecule has 0 aliphatic carbocycles. The molecule has 0 aromatic heterocycles. The minimum atomic E-state index is -0.111. The molecule has 0 spiro atoms. The number of phenols is 1. The van der Waals surface area contributed by atoms with E-state index in [9.17, 15) is 5.11 Å². The van der Waals surface area contributed by atoms with Crippen LogP contribution in [0.25, 0.3) is 0 Å². The summed E-state index contributed by atoms with van der Waals surface area (Å²) < 4.78 is 0. The monoisotopic (exact) mass is 409 g/mol. The van der Waals surface area contributed by atoms with Crippen LogP contribution in [0.5, 0.6) is 5.75 Å². The van der Waals surface area contributed by atoms with Crippen molar-refractivity contribution in [2.45, 2.75) is 71.3 Å². The van der Waals surface area contributed by atoms with E-state index in [1.807, 2.05) is 0 Å². The summed E-state index contributed by atoms with van der Waals surface area (Å²) in [6.07, 6.45) is 2.58. The van der Waals surface area contributed by atoms with Crippen molar-refractivity contribution in [1.82, 2.24) is 0 Å². The van der Waals surface area contributed by atoms with E-state index >= 15 is 0 Å². The van der Waals surface area contributed by atoms with E-state index in [2.05, 4.69) is 96.9 Å². The Kier molecular flexibility index (Phi) is 6.25. The van der Waals surface area contributed by atoms with E-state index in [1.54, 1.807) is 4.90 Å². The molecule has 0 amide bonds. The Balaban J connectivity index is 2.20. The van der Waals surface area contributed by atoms with E-state index in [0.29, 0.717) is 11.8 Å². The lowest BCUT2D eigenvalue weighted by atomic mass is 9.77. The average molecular weight is 410 g/mol. The van der Waals surface area contributed by atoms with Crippen molar-refractivity contribution in [3.63, 3.8) is 0 Å². The Hall–Kier alpha value is -2.00. The fourth-order valence-corrected chi connectivity index (χ4v) is 4.71. The third-order valence-electron chi connectivity index (χ3n) is 6.48. The van der Waals surface area contributed by atoms with Crippen molar-refractivity contribution in [2.24, 2.45) is 0 Å². The Morgan fingerprint density at radius 1 is 0.800 bits per heavy atom. The number of phenolic OH excluding ortho intramolecular Hbond substituents is 1. The van der Waals surface area contributed by atoms with Gasteiger partial charge >= 0.3 is 0 Å². The molecule has 0 radical (unpaired) electrons. The number of aromatic hydroxyl groups is 1. The topological polar surface area (TPSA) is 27.9 Å². The molecule has 164 valence electrons. The smallest absolute Gasteiger partial charge is 0.139 e. The van der Waals surface area contributed by atoms with Crippen LogP contribution >= 0.6 is 0 Å². The normalized spacial score (nSPS) is 16.7. The van der Waals surface area contributed by atoms with Crippen LogP contribution in [0.1, 0.15) is 82.7 Å². The van der Waals surface area contributed by atoms with E-state index in [0.717, 1.165) is 11.1 Å². The van der Waals surface area contributed by atoms with Crippen LogP contribution in [0, 0.1) is 0 Å². The summed E-state index contributed by atoms with van der Waals surface area (Å²) in [4.78, 5) is 3.79. The molecule has 1 saturated heterocycles. The molecule has 3 nitrogen and oxygen atoms in total. The number of nitrogens with zero attached hydrogens (tertiary/aromatic N) is 1. The third-order valence-corrected chi connectivity index (χ3v) is 6.48. The molecule has 3 heteroatoms. The summed E-state index contributed by atoms with van der Waals surface area (Å²) in [5.74, 6) is 0.469. The van der Waals surface area contributed by atoms with Gasteiger partial charge in [-0.05, 0) is 35.1 Å². The summed E-state index contributed by atoms with van der Waals surface area (Å²) in [7, 11) is 4.17. The van der Waals surface area contributed by atoms with Gasteiger partial charge in [-0.2, -0.15) is 0 Å². The van der Waals surface area contributed by atoms with Gasteiger partial charge in [-0.25, -0.2) is 0 Å². The third kappa shape index (κ3) is 4.67. The summed E-state index contributed by atoms with van der Waals surface area (Å²) in [6, 6.07) is 13.9. The van der Waals surface area contributed by atoms with Gasteiger partial charge in [0.15, 0.2) is 0 Å². The first-order chi connectivity index (χ1) is 13.9. The van der Waals surface area contributed by atoms with Crippen LogP contribution < -0.4 is 9.80 Å². The lowest BCUT2D eigenvalue weighted by molar-refractivity contribution is -0.913. The molecule has 1 atom stereocenters. The summed E-state index contributed by atoms with van der Waals surface area (Å²) >= 11 is 0. The maximum Gasteiger partial charge on any atom is 0.139 e. The molecule has 3 rings (SSSR count). The second kappa shape index (κ2) is 8.26. The number of nitrogens with one attached hydrogen (secondary N) is 1. The minimum Gasteiger partial charge on any atom is -0.507 e. The Morgan fingerprint density at radius 2 is 1.27 bits per heavy atom. The molecule has 2 aromatic rings. The molecule has 2 aromatic carbocycles. The van der Waals surface area contributed by atoms with Crippen molar-refractivity contribution in [2.75, 3.05) is 32.1 Å². The van der Waals surface area contributed by atoms with Crippen molar-refractivity contribution < 1.29 is 10.0 Å². The molecule has 1 aliphatic rings. The second-order valence-corrected chi connectivity index (χ2v) is 11.2. The lowest BCUT2D eigenvalue weighted by Gasteiger charge is -2.32. The average Bonchev–Trinajstić information content (AvgIpc) is 3.15. The number of benzene rings is 2. The van der Waals surface area contributed by atoms with Gasteiger partial charge in [0.25, 0.3) is 0 Å². The first-order valence-corrected chi connectivity index (χ1v) is 11.4. The molecule has 1 heterocycles. The van der Waals surface area contributed by atoms with Crippen molar-refractivity contribution in [3.8, 4) is 5.75 Å². The van der Waals surface area contributed by atoms with Crippen molar-refractivity contribution in [1.29, 1.82) is 0 Å². The number of quaternary nitrogens is 1. The number of likely N-dealkylation sites (tertiary alicyclic amines) is 1. The van der Waals surface area contributed by atoms with Gasteiger partial charge in [0, 0.05) is 54.9 Å². The van der Waals surface area contributed by atoms with Gasteiger partial charge in [-0.3, -0.25) is 0 Å². The van der Waals surface area contributed by atoms with Crippen LogP contribution in [0.2, 0.25) is 0 Å². The molecule has 1 aliphatic heterocycles. The summed E-state index contributed by atoms with van der Waals surface area (Å²) in [6.45, 7) is 15.6. The van der Waals surface area contributed by atoms with Crippen LogP contribution in [0.4, 0.5) is 5.69 Å².